The number of halogens is 2. The summed E-state index contributed by atoms with van der Waals surface area (Å²) in [7, 11) is 0. The molecule has 0 bridgehead atoms. The molecule has 1 atom stereocenters. The molecule has 3 aromatic rings. The fourth-order valence-corrected chi connectivity index (χ4v) is 3.60. The third-order valence-corrected chi connectivity index (χ3v) is 5.07. The van der Waals surface area contributed by atoms with Gasteiger partial charge in [0.25, 0.3) is 5.91 Å². The third-order valence-electron chi connectivity index (χ3n) is 4.83. The first-order chi connectivity index (χ1) is 14.9. The minimum Gasteiger partial charge on any atom is -0.326 e. The standard InChI is InChI=1S/C23H17ClFN3O3/c24-15-4-3-5-17(12-15)26-21(29)13-20-22(30)27-18-6-1-2-7-19(18)28(20)23(31)14-8-10-16(25)11-9-14/h1-12,20H,13H2,(H,26,29)(H,27,30)/t20-/m1/s1. The van der Waals surface area contributed by atoms with Gasteiger partial charge in [-0.3, -0.25) is 19.3 Å². The number of hydrogen-bond donors (Lipinski definition) is 2. The van der Waals surface area contributed by atoms with Crippen LogP contribution in [0.25, 0.3) is 0 Å². The fraction of sp³-hybridized carbons (Fsp3) is 0.0870. The number of para-hydroxylation sites is 2. The maximum absolute atomic E-state index is 13.3. The molecule has 6 nitrogen and oxygen atoms in total. The number of amides is 3. The summed E-state index contributed by atoms with van der Waals surface area (Å²) >= 11 is 5.95. The van der Waals surface area contributed by atoms with E-state index in [1.165, 1.54) is 29.2 Å². The Labute approximate surface area is 182 Å². The van der Waals surface area contributed by atoms with Gasteiger partial charge in [-0.2, -0.15) is 0 Å². The molecule has 0 saturated heterocycles. The van der Waals surface area contributed by atoms with Crippen LogP contribution in [0.2, 0.25) is 5.02 Å². The van der Waals surface area contributed by atoms with Gasteiger partial charge in [0.05, 0.1) is 17.8 Å². The average Bonchev–Trinajstić information content (AvgIpc) is 2.74. The normalized spacial score (nSPS) is 15.1. The van der Waals surface area contributed by atoms with E-state index in [4.69, 9.17) is 11.6 Å². The van der Waals surface area contributed by atoms with E-state index in [0.29, 0.717) is 22.1 Å². The number of anilines is 3. The molecule has 0 radical (unpaired) electrons. The van der Waals surface area contributed by atoms with Gasteiger partial charge in [0, 0.05) is 16.3 Å². The molecule has 31 heavy (non-hydrogen) atoms. The second kappa shape index (κ2) is 8.57. The van der Waals surface area contributed by atoms with Gasteiger partial charge in [0.1, 0.15) is 11.9 Å². The molecular weight excluding hydrogens is 421 g/mol. The van der Waals surface area contributed by atoms with E-state index in [1.54, 1.807) is 48.5 Å². The van der Waals surface area contributed by atoms with Crippen LogP contribution >= 0.6 is 11.6 Å². The van der Waals surface area contributed by atoms with E-state index in [-0.39, 0.29) is 12.0 Å². The van der Waals surface area contributed by atoms with Crippen molar-refractivity contribution in [2.75, 3.05) is 15.5 Å². The molecular formula is C23H17ClFN3O3. The molecule has 0 spiro atoms. The Morgan fingerprint density at radius 2 is 1.77 bits per heavy atom. The molecule has 0 saturated carbocycles. The largest absolute Gasteiger partial charge is 0.326 e. The molecule has 3 aromatic carbocycles. The first kappa shape index (κ1) is 20.6. The summed E-state index contributed by atoms with van der Waals surface area (Å²) in [6.07, 6.45) is -0.278. The second-order valence-corrected chi connectivity index (χ2v) is 7.40. The van der Waals surface area contributed by atoms with Gasteiger partial charge in [-0.25, -0.2) is 4.39 Å². The zero-order valence-corrected chi connectivity index (χ0v) is 16.9. The molecule has 0 aromatic heterocycles. The van der Waals surface area contributed by atoms with E-state index >= 15 is 0 Å². The smallest absolute Gasteiger partial charge is 0.259 e. The van der Waals surface area contributed by atoms with E-state index in [0.717, 1.165) is 0 Å². The molecule has 0 aliphatic carbocycles. The quantitative estimate of drug-likeness (QED) is 0.631. The van der Waals surface area contributed by atoms with Crippen molar-refractivity contribution in [1.29, 1.82) is 0 Å². The minimum atomic E-state index is -1.09. The number of benzene rings is 3. The Morgan fingerprint density at radius 1 is 1.03 bits per heavy atom. The van der Waals surface area contributed by atoms with Crippen molar-refractivity contribution in [2.24, 2.45) is 0 Å². The van der Waals surface area contributed by atoms with Crippen molar-refractivity contribution in [3.63, 3.8) is 0 Å². The van der Waals surface area contributed by atoms with Gasteiger partial charge in [0.2, 0.25) is 11.8 Å². The lowest BCUT2D eigenvalue weighted by atomic mass is 10.0. The van der Waals surface area contributed by atoms with Gasteiger partial charge < -0.3 is 10.6 Å². The molecule has 0 unspecified atom stereocenters. The van der Waals surface area contributed by atoms with E-state index in [1.807, 2.05) is 0 Å². The van der Waals surface area contributed by atoms with Crippen molar-refractivity contribution in [1.82, 2.24) is 0 Å². The number of carbonyl (C=O) groups is 3. The number of rotatable bonds is 4. The highest BCUT2D eigenvalue weighted by molar-refractivity contribution is 6.31. The predicted octanol–water partition coefficient (Wildman–Crippen LogP) is 4.48. The first-order valence-corrected chi connectivity index (χ1v) is 9.84. The highest BCUT2D eigenvalue weighted by Gasteiger charge is 2.38. The second-order valence-electron chi connectivity index (χ2n) is 6.97. The Hall–Kier alpha value is -3.71. The Bertz CT molecular complexity index is 1170. The van der Waals surface area contributed by atoms with Gasteiger partial charge in [-0.1, -0.05) is 29.8 Å². The zero-order valence-electron chi connectivity index (χ0n) is 16.1. The van der Waals surface area contributed by atoms with Crippen LogP contribution in [0.5, 0.6) is 0 Å². The minimum absolute atomic E-state index is 0.200. The van der Waals surface area contributed by atoms with Crippen LogP contribution in [0, 0.1) is 5.82 Å². The fourth-order valence-electron chi connectivity index (χ4n) is 3.41. The Balaban J connectivity index is 1.65. The van der Waals surface area contributed by atoms with Crippen LogP contribution < -0.4 is 15.5 Å². The van der Waals surface area contributed by atoms with Gasteiger partial charge in [-0.15, -0.1) is 0 Å². The van der Waals surface area contributed by atoms with E-state index < -0.39 is 29.6 Å². The first-order valence-electron chi connectivity index (χ1n) is 9.47. The topological polar surface area (TPSA) is 78.5 Å². The lowest BCUT2D eigenvalue weighted by Crippen LogP contribution is -2.52. The number of nitrogens with one attached hydrogen (secondary N) is 2. The summed E-state index contributed by atoms with van der Waals surface area (Å²) in [6.45, 7) is 0. The van der Waals surface area contributed by atoms with Crippen LogP contribution in [-0.2, 0) is 9.59 Å². The number of hydrogen-bond acceptors (Lipinski definition) is 3. The summed E-state index contributed by atoms with van der Waals surface area (Å²) in [4.78, 5) is 40.1. The maximum atomic E-state index is 13.3. The number of carbonyl (C=O) groups excluding carboxylic acids is 3. The van der Waals surface area contributed by atoms with Crippen molar-refractivity contribution in [2.45, 2.75) is 12.5 Å². The number of nitrogens with zero attached hydrogens (tertiary/aromatic N) is 1. The summed E-state index contributed by atoms with van der Waals surface area (Å²) < 4.78 is 13.3. The molecule has 1 heterocycles. The average molecular weight is 438 g/mol. The van der Waals surface area contributed by atoms with Crippen molar-refractivity contribution < 1.29 is 18.8 Å². The lowest BCUT2D eigenvalue weighted by Gasteiger charge is -2.36. The Morgan fingerprint density at radius 3 is 2.52 bits per heavy atom. The van der Waals surface area contributed by atoms with Crippen LogP contribution in [0.4, 0.5) is 21.5 Å². The van der Waals surface area contributed by atoms with Gasteiger partial charge in [0.15, 0.2) is 0 Å². The molecule has 1 aliphatic rings. The summed E-state index contributed by atoms with van der Waals surface area (Å²) in [6, 6.07) is 17.3. The number of fused-ring (bicyclic) bond motifs is 1. The van der Waals surface area contributed by atoms with Gasteiger partial charge >= 0.3 is 0 Å². The van der Waals surface area contributed by atoms with Crippen molar-refractivity contribution in [3.05, 3.63) is 89.2 Å². The summed E-state index contributed by atoms with van der Waals surface area (Å²) in [5, 5.41) is 5.88. The van der Waals surface area contributed by atoms with Crippen LogP contribution in [0.1, 0.15) is 16.8 Å². The molecule has 156 valence electrons. The maximum Gasteiger partial charge on any atom is 0.259 e. The molecule has 8 heteroatoms. The summed E-state index contributed by atoms with van der Waals surface area (Å²) in [5.74, 6) is -1.94. The zero-order chi connectivity index (χ0) is 22.0. The predicted molar refractivity (Wildman–Crippen MR) is 117 cm³/mol. The molecule has 2 N–H and O–H groups in total. The van der Waals surface area contributed by atoms with E-state index in [2.05, 4.69) is 10.6 Å². The molecule has 4 rings (SSSR count). The monoisotopic (exact) mass is 437 g/mol. The van der Waals surface area contributed by atoms with Crippen molar-refractivity contribution in [3.8, 4) is 0 Å². The molecule has 1 aliphatic heterocycles. The van der Waals surface area contributed by atoms with Crippen molar-refractivity contribution >= 4 is 46.4 Å². The molecule has 0 fully saturated rings. The van der Waals surface area contributed by atoms with Crippen LogP contribution in [-0.4, -0.2) is 23.8 Å². The lowest BCUT2D eigenvalue weighted by molar-refractivity contribution is -0.122. The van der Waals surface area contributed by atoms with E-state index in [9.17, 15) is 18.8 Å². The SMILES string of the molecule is O=C(C[C@@H]1C(=O)Nc2ccccc2N1C(=O)c1ccc(F)cc1)Nc1cccc(Cl)c1. The molecule has 3 amide bonds. The summed E-state index contributed by atoms with van der Waals surface area (Å²) in [5.41, 5.74) is 1.59. The van der Waals surface area contributed by atoms with Gasteiger partial charge in [-0.05, 0) is 54.6 Å². The third kappa shape index (κ3) is 4.41. The highest BCUT2D eigenvalue weighted by atomic mass is 35.5. The Kier molecular flexibility index (Phi) is 5.68. The van der Waals surface area contributed by atoms with Crippen LogP contribution in [0.15, 0.2) is 72.8 Å². The van der Waals surface area contributed by atoms with Crippen LogP contribution in [0.3, 0.4) is 0 Å². The highest BCUT2D eigenvalue weighted by Crippen LogP contribution is 2.34.